The van der Waals surface area contributed by atoms with Crippen molar-refractivity contribution in [2.24, 2.45) is 5.73 Å². The molecule has 1 unspecified atom stereocenters. The SMILES string of the molecule is CCOCC(C)(CN)N(CC)CCCN(CC)CC. The Balaban J connectivity index is 4.29. The minimum Gasteiger partial charge on any atom is -0.380 e. The van der Waals surface area contributed by atoms with Gasteiger partial charge in [-0.2, -0.15) is 0 Å². The van der Waals surface area contributed by atoms with E-state index in [0.29, 0.717) is 6.54 Å². The molecular formula is C15H35N3O. The smallest absolute Gasteiger partial charge is 0.0659 e. The zero-order valence-corrected chi connectivity index (χ0v) is 13.7. The highest BCUT2D eigenvalue weighted by Gasteiger charge is 2.29. The van der Waals surface area contributed by atoms with E-state index in [1.165, 1.54) is 13.0 Å². The van der Waals surface area contributed by atoms with Crippen molar-refractivity contribution in [3.05, 3.63) is 0 Å². The van der Waals surface area contributed by atoms with Crippen molar-refractivity contribution in [2.45, 2.75) is 46.6 Å². The van der Waals surface area contributed by atoms with Crippen LogP contribution in [-0.4, -0.2) is 67.8 Å². The lowest BCUT2D eigenvalue weighted by atomic mass is 10.0. The molecule has 0 aliphatic heterocycles. The normalized spacial score (nSPS) is 15.2. The number of rotatable bonds is 12. The number of ether oxygens (including phenoxy) is 1. The van der Waals surface area contributed by atoms with Gasteiger partial charge in [0, 0.05) is 19.7 Å². The van der Waals surface area contributed by atoms with Crippen molar-refractivity contribution < 1.29 is 4.74 Å². The van der Waals surface area contributed by atoms with Crippen LogP contribution in [-0.2, 0) is 4.74 Å². The number of likely N-dealkylation sites (N-methyl/N-ethyl adjacent to an activating group) is 1. The standard InChI is InChI=1S/C15H35N3O/c1-6-17(7-2)11-10-12-18(8-3)15(5,13-16)14-19-9-4/h6-14,16H2,1-5H3. The van der Waals surface area contributed by atoms with Gasteiger partial charge in [-0.3, -0.25) is 4.90 Å². The molecule has 1 atom stereocenters. The summed E-state index contributed by atoms with van der Waals surface area (Å²) in [6.07, 6.45) is 1.19. The lowest BCUT2D eigenvalue weighted by Gasteiger charge is -2.40. The second-order valence-corrected chi connectivity index (χ2v) is 5.30. The van der Waals surface area contributed by atoms with E-state index in [1.54, 1.807) is 0 Å². The summed E-state index contributed by atoms with van der Waals surface area (Å²) >= 11 is 0. The maximum absolute atomic E-state index is 5.98. The summed E-state index contributed by atoms with van der Waals surface area (Å²) in [6, 6.07) is 0. The molecule has 0 rings (SSSR count). The number of hydrogen-bond acceptors (Lipinski definition) is 4. The molecule has 4 nitrogen and oxygen atoms in total. The Morgan fingerprint density at radius 3 is 2.05 bits per heavy atom. The molecule has 0 radical (unpaired) electrons. The van der Waals surface area contributed by atoms with Crippen LogP contribution in [0.2, 0.25) is 0 Å². The molecular weight excluding hydrogens is 238 g/mol. The summed E-state index contributed by atoms with van der Waals surface area (Å²) in [7, 11) is 0. The summed E-state index contributed by atoms with van der Waals surface area (Å²) in [5, 5.41) is 0. The molecule has 0 fully saturated rings. The van der Waals surface area contributed by atoms with Gasteiger partial charge in [0.05, 0.1) is 12.1 Å². The van der Waals surface area contributed by atoms with E-state index >= 15 is 0 Å². The maximum atomic E-state index is 5.98. The fourth-order valence-corrected chi connectivity index (χ4v) is 2.44. The summed E-state index contributed by atoms with van der Waals surface area (Å²) in [6.45, 7) is 18.6. The van der Waals surface area contributed by atoms with Gasteiger partial charge < -0.3 is 15.4 Å². The monoisotopic (exact) mass is 273 g/mol. The number of nitrogens with zero attached hydrogens (tertiary/aromatic N) is 2. The van der Waals surface area contributed by atoms with Crippen LogP contribution in [0.1, 0.15) is 41.0 Å². The minimum atomic E-state index is -0.0337. The highest BCUT2D eigenvalue weighted by molar-refractivity contribution is 4.87. The Morgan fingerprint density at radius 1 is 1.00 bits per heavy atom. The van der Waals surface area contributed by atoms with Gasteiger partial charge in [-0.15, -0.1) is 0 Å². The summed E-state index contributed by atoms with van der Waals surface area (Å²) in [5.41, 5.74) is 5.94. The summed E-state index contributed by atoms with van der Waals surface area (Å²) < 4.78 is 5.61. The maximum Gasteiger partial charge on any atom is 0.0659 e. The van der Waals surface area contributed by atoms with Gasteiger partial charge >= 0.3 is 0 Å². The third-order valence-corrected chi connectivity index (χ3v) is 4.00. The van der Waals surface area contributed by atoms with Crippen molar-refractivity contribution >= 4 is 0 Å². The first kappa shape index (κ1) is 18.8. The van der Waals surface area contributed by atoms with Crippen LogP contribution in [0.4, 0.5) is 0 Å². The number of hydrogen-bond donors (Lipinski definition) is 1. The van der Waals surface area contributed by atoms with Crippen molar-refractivity contribution in [3.63, 3.8) is 0 Å². The lowest BCUT2D eigenvalue weighted by molar-refractivity contribution is 0.0111. The Bertz CT molecular complexity index is 210. The Kier molecular flexibility index (Phi) is 10.5. The highest BCUT2D eigenvalue weighted by atomic mass is 16.5. The fourth-order valence-electron chi connectivity index (χ4n) is 2.44. The Morgan fingerprint density at radius 2 is 1.63 bits per heavy atom. The molecule has 0 spiro atoms. The number of nitrogens with two attached hydrogens (primary N) is 1. The van der Waals surface area contributed by atoms with Crippen molar-refractivity contribution in [1.82, 2.24) is 9.80 Å². The predicted molar refractivity (Wildman–Crippen MR) is 83.6 cm³/mol. The van der Waals surface area contributed by atoms with E-state index in [1.807, 2.05) is 6.92 Å². The molecule has 0 saturated heterocycles. The van der Waals surface area contributed by atoms with Gasteiger partial charge in [0.1, 0.15) is 0 Å². The molecule has 0 bridgehead atoms. The molecule has 0 amide bonds. The van der Waals surface area contributed by atoms with Gasteiger partial charge in [-0.05, 0) is 46.4 Å². The van der Waals surface area contributed by atoms with Gasteiger partial charge in [0.25, 0.3) is 0 Å². The lowest BCUT2D eigenvalue weighted by Crippen LogP contribution is -2.55. The summed E-state index contributed by atoms with van der Waals surface area (Å²) in [4.78, 5) is 4.93. The average molecular weight is 273 g/mol. The molecule has 0 saturated carbocycles. The van der Waals surface area contributed by atoms with E-state index in [2.05, 4.69) is 37.5 Å². The predicted octanol–water partition coefficient (Wildman–Crippen LogP) is 1.79. The van der Waals surface area contributed by atoms with E-state index in [-0.39, 0.29) is 5.54 Å². The van der Waals surface area contributed by atoms with Crippen LogP contribution in [0.5, 0.6) is 0 Å². The molecule has 0 heterocycles. The molecule has 19 heavy (non-hydrogen) atoms. The van der Waals surface area contributed by atoms with Gasteiger partial charge in [0.15, 0.2) is 0 Å². The van der Waals surface area contributed by atoms with Gasteiger partial charge in [-0.25, -0.2) is 0 Å². The second kappa shape index (κ2) is 10.6. The molecule has 4 heteroatoms. The first-order valence-electron chi connectivity index (χ1n) is 7.83. The third-order valence-electron chi connectivity index (χ3n) is 4.00. The van der Waals surface area contributed by atoms with E-state index in [9.17, 15) is 0 Å². The van der Waals surface area contributed by atoms with Crippen LogP contribution in [0.15, 0.2) is 0 Å². The quantitative estimate of drug-likeness (QED) is 0.589. The largest absolute Gasteiger partial charge is 0.380 e. The van der Waals surface area contributed by atoms with Crippen LogP contribution in [0, 0.1) is 0 Å². The topological polar surface area (TPSA) is 41.7 Å². The van der Waals surface area contributed by atoms with Crippen molar-refractivity contribution in [2.75, 3.05) is 52.5 Å². The van der Waals surface area contributed by atoms with Crippen LogP contribution in [0.3, 0.4) is 0 Å². The first-order chi connectivity index (χ1) is 9.07. The Labute approximate surface area is 120 Å². The highest BCUT2D eigenvalue weighted by Crippen LogP contribution is 2.15. The minimum absolute atomic E-state index is 0.0337. The second-order valence-electron chi connectivity index (χ2n) is 5.30. The van der Waals surface area contributed by atoms with E-state index in [0.717, 1.165) is 39.4 Å². The van der Waals surface area contributed by atoms with Crippen LogP contribution in [0.25, 0.3) is 0 Å². The molecule has 116 valence electrons. The van der Waals surface area contributed by atoms with E-state index < -0.39 is 0 Å². The fraction of sp³-hybridized carbons (Fsp3) is 1.00. The van der Waals surface area contributed by atoms with Crippen LogP contribution < -0.4 is 5.73 Å². The molecule has 2 N–H and O–H groups in total. The molecule has 0 aromatic heterocycles. The third kappa shape index (κ3) is 6.70. The zero-order chi connectivity index (χ0) is 14.7. The molecule has 0 aliphatic carbocycles. The van der Waals surface area contributed by atoms with Crippen molar-refractivity contribution in [1.29, 1.82) is 0 Å². The van der Waals surface area contributed by atoms with E-state index in [4.69, 9.17) is 10.5 Å². The Hall–Kier alpha value is -0.160. The molecule has 0 aliphatic rings. The zero-order valence-electron chi connectivity index (χ0n) is 13.7. The molecule has 0 aromatic rings. The first-order valence-corrected chi connectivity index (χ1v) is 7.83. The van der Waals surface area contributed by atoms with Gasteiger partial charge in [-0.1, -0.05) is 20.8 Å². The van der Waals surface area contributed by atoms with Crippen molar-refractivity contribution in [3.8, 4) is 0 Å². The van der Waals surface area contributed by atoms with Crippen LogP contribution >= 0.6 is 0 Å². The summed E-state index contributed by atoms with van der Waals surface area (Å²) in [5.74, 6) is 0. The molecule has 0 aromatic carbocycles. The van der Waals surface area contributed by atoms with Gasteiger partial charge in [0.2, 0.25) is 0 Å². The average Bonchev–Trinajstić information content (AvgIpc) is 2.45.